The number of nitrogens with two attached hydrogens (primary N) is 1. The topological polar surface area (TPSA) is 43.3 Å². The van der Waals surface area contributed by atoms with Crippen LogP contribution in [0.15, 0.2) is 29.5 Å². The van der Waals surface area contributed by atoms with Crippen molar-refractivity contribution in [3.8, 4) is 0 Å². The zero-order valence-electron chi connectivity index (χ0n) is 8.94. The summed E-state index contributed by atoms with van der Waals surface area (Å²) in [5, 5.41) is 0. The quantitative estimate of drug-likeness (QED) is 0.733. The van der Waals surface area contributed by atoms with E-state index in [4.69, 9.17) is 5.73 Å². The van der Waals surface area contributed by atoms with Crippen molar-refractivity contribution in [2.75, 3.05) is 5.73 Å². The van der Waals surface area contributed by atoms with E-state index < -0.39 is 0 Å². The summed E-state index contributed by atoms with van der Waals surface area (Å²) in [6.07, 6.45) is 7.38. The SMILES string of the molecule is C/C=C\N=C/c1ccn(C(C)C)c1N. The van der Waals surface area contributed by atoms with Crippen LogP contribution in [-0.4, -0.2) is 10.8 Å². The average molecular weight is 191 g/mol. The van der Waals surface area contributed by atoms with Crippen molar-refractivity contribution in [2.45, 2.75) is 26.8 Å². The van der Waals surface area contributed by atoms with E-state index in [1.54, 1.807) is 12.4 Å². The summed E-state index contributed by atoms with van der Waals surface area (Å²) in [5.74, 6) is 0.772. The van der Waals surface area contributed by atoms with Crippen LogP contribution in [0.25, 0.3) is 0 Å². The van der Waals surface area contributed by atoms with Crippen LogP contribution in [0.1, 0.15) is 32.4 Å². The van der Waals surface area contributed by atoms with E-state index in [2.05, 4.69) is 18.8 Å². The highest BCUT2D eigenvalue weighted by Gasteiger charge is 2.05. The molecule has 0 aliphatic heterocycles. The maximum Gasteiger partial charge on any atom is 0.112 e. The summed E-state index contributed by atoms with van der Waals surface area (Å²) in [6.45, 7) is 6.13. The van der Waals surface area contributed by atoms with Gasteiger partial charge in [0.05, 0.1) is 0 Å². The zero-order valence-corrected chi connectivity index (χ0v) is 8.94. The number of hydrogen-bond acceptors (Lipinski definition) is 2. The molecule has 0 saturated heterocycles. The molecule has 14 heavy (non-hydrogen) atoms. The molecule has 1 aromatic heterocycles. The third-order valence-electron chi connectivity index (χ3n) is 1.99. The van der Waals surface area contributed by atoms with Gasteiger partial charge in [0, 0.05) is 30.2 Å². The number of rotatable bonds is 3. The molecule has 1 heterocycles. The van der Waals surface area contributed by atoms with Gasteiger partial charge in [0.15, 0.2) is 0 Å². The van der Waals surface area contributed by atoms with Crippen molar-refractivity contribution in [1.29, 1.82) is 0 Å². The lowest BCUT2D eigenvalue weighted by atomic mass is 10.3. The van der Waals surface area contributed by atoms with Gasteiger partial charge in [-0.3, -0.25) is 4.99 Å². The van der Waals surface area contributed by atoms with E-state index in [-0.39, 0.29) is 0 Å². The lowest BCUT2D eigenvalue weighted by Gasteiger charge is -2.09. The number of anilines is 1. The molecule has 0 fully saturated rings. The number of allylic oxidation sites excluding steroid dienone is 1. The van der Waals surface area contributed by atoms with Crippen LogP contribution >= 0.6 is 0 Å². The van der Waals surface area contributed by atoms with Crippen molar-refractivity contribution in [1.82, 2.24) is 4.57 Å². The molecular formula is C11H17N3. The predicted octanol–water partition coefficient (Wildman–Crippen LogP) is 2.60. The number of aromatic nitrogens is 1. The fourth-order valence-corrected chi connectivity index (χ4v) is 1.24. The zero-order chi connectivity index (χ0) is 10.6. The van der Waals surface area contributed by atoms with Crippen molar-refractivity contribution < 1.29 is 0 Å². The molecule has 3 nitrogen and oxygen atoms in total. The van der Waals surface area contributed by atoms with Gasteiger partial charge in [-0.25, -0.2) is 0 Å². The predicted molar refractivity (Wildman–Crippen MR) is 61.6 cm³/mol. The second-order valence-corrected chi connectivity index (χ2v) is 3.42. The molecule has 1 rings (SSSR count). The van der Waals surface area contributed by atoms with E-state index >= 15 is 0 Å². The summed E-state index contributed by atoms with van der Waals surface area (Å²) in [4.78, 5) is 4.09. The molecule has 0 atom stereocenters. The number of aliphatic imine (C=N–C) groups is 1. The Labute approximate surface area is 85.0 Å². The first-order valence-electron chi connectivity index (χ1n) is 4.77. The van der Waals surface area contributed by atoms with Crippen LogP contribution in [0, 0.1) is 0 Å². The molecule has 0 spiro atoms. The monoisotopic (exact) mass is 191 g/mol. The largest absolute Gasteiger partial charge is 0.385 e. The molecular weight excluding hydrogens is 174 g/mol. The van der Waals surface area contributed by atoms with Crippen LogP contribution in [0.4, 0.5) is 5.82 Å². The third-order valence-corrected chi connectivity index (χ3v) is 1.99. The van der Waals surface area contributed by atoms with Gasteiger partial charge in [-0.1, -0.05) is 6.08 Å². The van der Waals surface area contributed by atoms with Crippen molar-refractivity contribution in [3.05, 3.63) is 30.1 Å². The average Bonchev–Trinajstić information content (AvgIpc) is 2.48. The summed E-state index contributed by atoms with van der Waals surface area (Å²) in [7, 11) is 0. The van der Waals surface area contributed by atoms with Gasteiger partial charge < -0.3 is 10.3 Å². The molecule has 76 valence electrons. The Morgan fingerprint density at radius 3 is 2.71 bits per heavy atom. The Balaban J connectivity index is 2.90. The highest BCUT2D eigenvalue weighted by atomic mass is 15.1. The Bertz CT molecular complexity index is 345. The molecule has 3 heteroatoms. The molecule has 1 aromatic rings. The fraction of sp³-hybridized carbons (Fsp3) is 0.364. The molecule has 0 amide bonds. The van der Waals surface area contributed by atoms with Crippen LogP contribution in [0.2, 0.25) is 0 Å². The van der Waals surface area contributed by atoms with Crippen LogP contribution in [0.3, 0.4) is 0 Å². The molecule has 0 unspecified atom stereocenters. The summed E-state index contributed by atoms with van der Waals surface area (Å²) in [5.41, 5.74) is 6.90. The van der Waals surface area contributed by atoms with Crippen molar-refractivity contribution in [3.63, 3.8) is 0 Å². The highest BCUT2D eigenvalue weighted by Crippen LogP contribution is 2.16. The lowest BCUT2D eigenvalue weighted by molar-refractivity contribution is 0.612. The first kappa shape index (κ1) is 10.6. The van der Waals surface area contributed by atoms with Crippen LogP contribution in [-0.2, 0) is 0 Å². The molecule has 0 aliphatic carbocycles. The van der Waals surface area contributed by atoms with Gasteiger partial charge in [-0.05, 0) is 26.8 Å². The molecule has 0 aliphatic rings. The first-order chi connectivity index (χ1) is 6.66. The summed E-state index contributed by atoms with van der Waals surface area (Å²) in [6, 6.07) is 2.36. The minimum atomic E-state index is 0.388. The summed E-state index contributed by atoms with van der Waals surface area (Å²) >= 11 is 0. The molecule has 0 radical (unpaired) electrons. The Kier molecular flexibility index (Phi) is 3.51. The smallest absolute Gasteiger partial charge is 0.112 e. The second-order valence-electron chi connectivity index (χ2n) is 3.42. The number of hydrogen-bond donors (Lipinski definition) is 1. The lowest BCUT2D eigenvalue weighted by Crippen LogP contribution is -2.04. The van der Waals surface area contributed by atoms with Crippen molar-refractivity contribution >= 4 is 12.0 Å². The number of nitrogen functional groups attached to an aromatic ring is 1. The van der Waals surface area contributed by atoms with Gasteiger partial charge in [0.1, 0.15) is 5.82 Å². The van der Waals surface area contributed by atoms with Crippen molar-refractivity contribution in [2.24, 2.45) is 4.99 Å². The molecule has 2 N–H and O–H groups in total. The Hall–Kier alpha value is -1.51. The van der Waals surface area contributed by atoms with E-state index in [0.29, 0.717) is 6.04 Å². The minimum Gasteiger partial charge on any atom is -0.385 e. The molecule has 0 aromatic carbocycles. The molecule has 0 saturated carbocycles. The minimum absolute atomic E-state index is 0.388. The summed E-state index contributed by atoms with van der Waals surface area (Å²) < 4.78 is 2.02. The van der Waals surface area contributed by atoms with E-state index in [9.17, 15) is 0 Å². The van der Waals surface area contributed by atoms with E-state index in [1.165, 1.54) is 0 Å². The maximum absolute atomic E-state index is 5.93. The van der Waals surface area contributed by atoms with Crippen LogP contribution < -0.4 is 5.73 Å². The van der Waals surface area contributed by atoms with Gasteiger partial charge in [0.25, 0.3) is 0 Å². The van der Waals surface area contributed by atoms with E-state index in [0.717, 1.165) is 11.4 Å². The maximum atomic E-state index is 5.93. The normalized spacial score (nSPS) is 12.3. The number of nitrogens with zero attached hydrogens (tertiary/aromatic N) is 2. The highest BCUT2D eigenvalue weighted by molar-refractivity contribution is 5.86. The van der Waals surface area contributed by atoms with Gasteiger partial charge in [-0.15, -0.1) is 0 Å². The molecule has 0 bridgehead atoms. The Morgan fingerprint density at radius 1 is 1.50 bits per heavy atom. The van der Waals surface area contributed by atoms with E-state index in [1.807, 2.05) is 29.8 Å². The second kappa shape index (κ2) is 4.65. The van der Waals surface area contributed by atoms with Gasteiger partial charge in [-0.2, -0.15) is 0 Å². The van der Waals surface area contributed by atoms with Crippen LogP contribution in [0.5, 0.6) is 0 Å². The van der Waals surface area contributed by atoms with Gasteiger partial charge in [0.2, 0.25) is 0 Å². The third kappa shape index (κ3) is 2.25. The fourth-order valence-electron chi connectivity index (χ4n) is 1.24. The Morgan fingerprint density at radius 2 is 2.21 bits per heavy atom. The standard InChI is InChI=1S/C11H17N3/c1-4-6-13-8-10-5-7-14(9(2)3)11(10)12/h4-9H,12H2,1-3H3/b6-4-,13-8-. The van der Waals surface area contributed by atoms with Gasteiger partial charge >= 0.3 is 0 Å². The first-order valence-corrected chi connectivity index (χ1v) is 4.77.